The Bertz CT molecular complexity index is 772. The van der Waals surface area contributed by atoms with Gasteiger partial charge in [0, 0.05) is 25.2 Å². The highest BCUT2D eigenvalue weighted by atomic mass is 16.5. The van der Waals surface area contributed by atoms with Crippen molar-refractivity contribution in [2.24, 2.45) is 4.99 Å². The summed E-state index contributed by atoms with van der Waals surface area (Å²) in [7, 11) is 1.60. The van der Waals surface area contributed by atoms with Gasteiger partial charge in [-0.25, -0.2) is 4.99 Å². The van der Waals surface area contributed by atoms with E-state index in [1.807, 2.05) is 13.0 Å². The summed E-state index contributed by atoms with van der Waals surface area (Å²) in [5.41, 5.74) is 3.15. The Morgan fingerprint density at radius 3 is 2.25 bits per heavy atom. The molecule has 150 valence electrons. The van der Waals surface area contributed by atoms with Crippen molar-refractivity contribution < 1.29 is 9.53 Å². The molecular weight excluding hydrogens is 352 g/mol. The maximum Gasteiger partial charge on any atom is 0.251 e. The molecule has 0 saturated carbocycles. The Kier molecular flexibility index (Phi) is 8.85. The molecule has 0 aromatic heterocycles. The molecule has 0 radical (unpaired) electrons. The Labute approximate surface area is 167 Å². The van der Waals surface area contributed by atoms with Gasteiger partial charge in [-0.1, -0.05) is 31.2 Å². The van der Waals surface area contributed by atoms with Gasteiger partial charge in [0.1, 0.15) is 5.75 Å². The van der Waals surface area contributed by atoms with Crippen LogP contribution in [0.1, 0.15) is 35.3 Å². The predicted molar refractivity (Wildman–Crippen MR) is 114 cm³/mol. The Balaban J connectivity index is 1.82. The highest BCUT2D eigenvalue weighted by Crippen LogP contribution is 2.11. The molecule has 0 heterocycles. The molecule has 0 spiro atoms. The Hall–Kier alpha value is -3.02. The fourth-order valence-corrected chi connectivity index (χ4v) is 2.76. The van der Waals surface area contributed by atoms with Crippen LogP contribution in [0.2, 0.25) is 0 Å². The van der Waals surface area contributed by atoms with E-state index in [1.54, 1.807) is 31.4 Å². The minimum absolute atomic E-state index is 0.108. The van der Waals surface area contributed by atoms with Crippen LogP contribution in [0.3, 0.4) is 0 Å². The molecular formula is C22H30N4O2. The number of hydrogen-bond acceptors (Lipinski definition) is 3. The van der Waals surface area contributed by atoms with Gasteiger partial charge in [0.05, 0.1) is 13.7 Å². The summed E-state index contributed by atoms with van der Waals surface area (Å²) in [5, 5.41) is 9.39. The first-order valence-electron chi connectivity index (χ1n) is 9.69. The molecule has 0 aliphatic heterocycles. The molecule has 2 rings (SSSR count). The lowest BCUT2D eigenvalue weighted by Crippen LogP contribution is -2.41. The lowest BCUT2D eigenvalue weighted by Gasteiger charge is -2.13. The van der Waals surface area contributed by atoms with Crippen molar-refractivity contribution in [2.75, 3.05) is 26.7 Å². The van der Waals surface area contributed by atoms with Gasteiger partial charge in [0.2, 0.25) is 0 Å². The summed E-state index contributed by atoms with van der Waals surface area (Å²) in [4.78, 5) is 16.8. The van der Waals surface area contributed by atoms with Crippen LogP contribution in [0.15, 0.2) is 53.5 Å². The number of amides is 1. The van der Waals surface area contributed by atoms with Crippen molar-refractivity contribution in [1.29, 1.82) is 0 Å². The van der Waals surface area contributed by atoms with Gasteiger partial charge in [-0.05, 0) is 48.7 Å². The highest BCUT2D eigenvalue weighted by Gasteiger charge is 2.05. The van der Waals surface area contributed by atoms with Crippen molar-refractivity contribution in [3.05, 3.63) is 65.2 Å². The zero-order chi connectivity index (χ0) is 20.2. The molecule has 0 unspecified atom stereocenters. The second kappa shape index (κ2) is 11.6. The molecule has 2 aromatic carbocycles. The van der Waals surface area contributed by atoms with E-state index < -0.39 is 0 Å². The molecule has 0 atom stereocenters. The number of guanidine groups is 1. The number of nitrogens with zero attached hydrogens (tertiary/aromatic N) is 1. The van der Waals surface area contributed by atoms with Crippen molar-refractivity contribution in [3.63, 3.8) is 0 Å². The first-order valence-corrected chi connectivity index (χ1v) is 9.69. The molecule has 0 aliphatic rings. The predicted octanol–water partition coefficient (Wildman–Crippen LogP) is 2.74. The monoisotopic (exact) mass is 382 g/mol. The number of rotatable bonds is 9. The van der Waals surface area contributed by atoms with E-state index in [2.05, 4.69) is 46.1 Å². The molecule has 28 heavy (non-hydrogen) atoms. The summed E-state index contributed by atoms with van der Waals surface area (Å²) in [6, 6.07) is 15.4. The molecule has 6 heteroatoms. The van der Waals surface area contributed by atoms with Gasteiger partial charge in [-0.15, -0.1) is 0 Å². The minimum atomic E-state index is -0.108. The van der Waals surface area contributed by atoms with Crippen LogP contribution in [0, 0.1) is 0 Å². The third-order valence-electron chi connectivity index (χ3n) is 4.31. The highest BCUT2D eigenvalue weighted by molar-refractivity contribution is 5.94. The number of ether oxygens (including phenoxy) is 1. The first kappa shape index (κ1) is 21.3. The number of nitrogens with one attached hydrogen (secondary N) is 3. The number of benzene rings is 2. The molecule has 3 N–H and O–H groups in total. The first-order chi connectivity index (χ1) is 13.7. The molecule has 0 bridgehead atoms. The van der Waals surface area contributed by atoms with E-state index in [0.29, 0.717) is 25.2 Å². The summed E-state index contributed by atoms with van der Waals surface area (Å²) in [6.45, 7) is 6.67. The second-order valence-corrected chi connectivity index (χ2v) is 6.23. The molecule has 0 fully saturated rings. The fraction of sp³-hybridized carbons (Fsp3) is 0.364. The van der Waals surface area contributed by atoms with E-state index in [1.165, 1.54) is 11.1 Å². The zero-order valence-electron chi connectivity index (χ0n) is 16.9. The lowest BCUT2D eigenvalue weighted by atomic mass is 10.1. The smallest absolute Gasteiger partial charge is 0.251 e. The maximum atomic E-state index is 12.2. The van der Waals surface area contributed by atoms with E-state index >= 15 is 0 Å². The van der Waals surface area contributed by atoms with Crippen LogP contribution in [0.5, 0.6) is 5.75 Å². The number of aliphatic imine (C=N–C) groups is 1. The van der Waals surface area contributed by atoms with Crippen LogP contribution >= 0.6 is 0 Å². The van der Waals surface area contributed by atoms with Crippen LogP contribution < -0.4 is 20.7 Å². The van der Waals surface area contributed by atoms with E-state index in [-0.39, 0.29) is 5.91 Å². The summed E-state index contributed by atoms with van der Waals surface area (Å²) in [6.07, 6.45) is 0.993. The second-order valence-electron chi connectivity index (χ2n) is 6.23. The minimum Gasteiger partial charge on any atom is -0.497 e. The third-order valence-corrected chi connectivity index (χ3v) is 4.31. The molecule has 1 amide bonds. The normalized spacial score (nSPS) is 11.0. The van der Waals surface area contributed by atoms with E-state index in [4.69, 9.17) is 4.74 Å². The zero-order valence-corrected chi connectivity index (χ0v) is 16.9. The average Bonchev–Trinajstić information content (AvgIpc) is 2.75. The van der Waals surface area contributed by atoms with Gasteiger partial charge < -0.3 is 20.7 Å². The topological polar surface area (TPSA) is 74.8 Å². The third kappa shape index (κ3) is 6.61. The van der Waals surface area contributed by atoms with Gasteiger partial charge in [-0.3, -0.25) is 4.79 Å². The van der Waals surface area contributed by atoms with Crippen LogP contribution in [0.25, 0.3) is 0 Å². The van der Waals surface area contributed by atoms with Crippen LogP contribution in [0.4, 0.5) is 0 Å². The van der Waals surface area contributed by atoms with Crippen molar-refractivity contribution in [3.8, 4) is 5.75 Å². The number of carbonyl (C=O) groups excluding carboxylic acids is 1. The Morgan fingerprint density at radius 1 is 0.929 bits per heavy atom. The quantitative estimate of drug-likeness (QED) is 0.354. The van der Waals surface area contributed by atoms with E-state index in [0.717, 1.165) is 24.7 Å². The average molecular weight is 383 g/mol. The Morgan fingerprint density at radius 2 is 1.61 bits per heavy atom. The number of carbonyl (C=O) groups is 1. The maximum absolute atomic E-state index is 12.2. The van der Waals surface area contributed by atoms with Gasteiger partial charge in [0.15, 0.2) is 5.96 Å². The summed E-state index contributed by atoms with van der Waals surface area (Å²) >= 11 is 0. The largest absolute Gasteiger partial charge is 0.497 e. The SMILES string of the molecule is CCNC(=NCc1ccccc1CC)NCCNC(=O)c1ccc(OC)cc1. The standard InChI is InChI=1S/C22H30N4O2/c1-4-17-8-6-7-9-19(17)16-26-22(23-5-2)25-15-14-24-21(27)18-10-12-20(28-3)13-11-18/h6-13H,4-5,14-16H2,1-3H3,(H,24,27)(H2,23,25,26). The van der Waals surface area contributed by atoms with Crippen LogP contribution in [-0.2, 0) is 13.0 Å². The van der Waals surface area contributed by atoms with Gasteiger partial charge >= 0.3 is 0 Å². The number of methoxy groups -OCH3 is 1. The van der Waals surface area contributed by atoms with E-state index in [9.17, 15) is 4.79 Å². The summed E-state index contributed by atoms with van der Waals surface area (Å²) in [5.74, 6) is 1.37. The number of aryl methyl sites for hydroxylation is 1. The van der Waals surface area contributed by atoms with Crippen molar-refractivity contribution >= 4 is 11.9 Å². The molecule has 0 saturated heterocycles. The van der Waals surface area contributed by atoms with Gasteiger partial charge in [-0.2, -0.15) is 0 Å². The van der Waals surface area contributed by atoms with Gasteiger partial charge in [0.25, 0.3) is 5.91 Å². The fourth-order valence-electron chi connectivity index (χ4n) is 2.76. The van der Waals surface area contributed by atoms with Crippen molar-refractivity contribution in [2.45, 2.75) is 26.8 Å². The summed E-state index contributed by atoms with van der Waals surface area (Å²) < 4.78 is 5.10. The number of hydrogen-bond donors (Lipinski definition) is 3. The molecule has 6 nitrogen and oxygen atoms in total. The van der Waals surface area contributed by atoms with Crippen LogP contribution in [-0.4, -0.2) is 38.6 Å². The van der Waals surface area contributed by atoms with Crippen molar-refractivity contribution in [1.82, 2.24) is 16.0 Å². The molecule has 0 aliphatic carbocycles. The molecule has 2 aromatic rings. The lowest BCUT2D eigenvalue weighted by molar-refractivity contribution is 0.0954.